The molecule has 0 unspecified atom stereocenters. The van der Waals surface area contributed by atoms with Crippen LogP contribution in [0.25, 0.3) is 0 Å². The third-order valence-corrected chi connectivity index (χ3v) is 2.53. The Morgan fingerprint density at radius 3 is 2.58 bits per heavy atom. The normalized spacial score (nSPS) is 10.2. The lowest BCUT2D eigenvalue weighted by atomic mass is 10.4. The minimum absolute atomic E-state index is 0.806. The Bertz CT molecular complexity index is 222. The monoisotopic (exact) mass is 246 g/mol. The van der Waals surface area contributed by atoms with Crippen LogP contribution in [0.4, 0.5) is 0 Å². The van der Waals surface area contributed by atoms with Crippen LogP contribution < -0.4 is 0 Å². The molecule has 0 spiro atoms. The van der Waals surface area contributed by atoms with Crippen molar-refractivity contribution in [3.63, 3.8) is 0 Å². The van der Waals surface area contributed by atoms with Crippen molar-refractivity contribution in [2.75, 3.05) is 6.61 Å². The van der Waals surface area contributed by atoms with E-state index in [1.807, 2.05) is 24.3 Å². The molecular formula is C9H11BrOS. The number of hydrogen-bond donors (Lipinski definition) is 0. The first-order valence-electron chi connectivity index (χ1n) is 3.88. The summed E-state index contributed by atoms with van der Waals surface area (Å²) in [6.45, 7) is 2.91. The molecule has 3 heteroatoms. The van der Waals surface area contributed by atoms with Crippen LogP contribution in [0.15, 0.2) is 33.6 Å². The lowest BCUT2D eigenvalue weighted by molar-refractivity contribution is 0.373. The van der Waals surface area contributed by atoms with Crippen molar-refractivity contribution < 1.29 is 4.18 Å². The van der Waals surface area contributed by atoms with E-state index in [0.717, 1.165) is 22.4 Å². The summed E-state index contributed by atoms with van der Waals surface area (Å²) in [5.74, 6) is 0. The molecule has 1 rings (SSSR count). The molecule has 1 nitrogen and oxygen atoms in total. The third kappa shape index (κ3) is 3.61. The van der Waals surface area contributed by atoms with E-state index < -0.39 is 0 Å². The molecule has 0 aliphatic carbocycles. The maximum atomic E-state index is 5.31. The zero-order valence-electron chi connectivity index (χ0n) is 6.92. The fourth-order valence-corrected chi connectivity index (χ4v) is 1.58. The van der Waals surface area contributed by atoms with Gasteiger partial charge in [0, 0.05) is 21.4 Å². The Labute approximate surface area is 85.8 Å². The predicted octanol–water partition coefficient (Wildman–Crippen LogP) is 3.88. The van der Waals surface area contributed by atoms with Crippen LogP contribution >= 0.6 is 28.0 Å². The summed E-state index contributed by atoms with van der Waals surface area (Å²) in [7, 11) is 0. The molecule has 1 aromatic carbocycles. The van der Waals surface area contributed by atoms with Crippen molar-refractivity contribution in [2.24, 2.45) is 0 Å². The maximum absolute atomic E-state index is 5.31. The molecule has 0 aliphatic rings. The van der Waals surface area contributed by atoms with Crippen molar-refractivity contribution >= 4 is 28.0 Å². The SMILES string of the molecule is CCCOSc1ccc(Br)cc1. The van der Waals surface area contributed by atoms with Crippen molar-refractivity contribution in [3.05, 3.63) is 28.7 Å². The fraction of sp³-hybridized carbons (Fsp3) is 0.333. The van der Waals surface area contributed by atoms with Crippen LogP contribution in [0.3, 0.4) is 0 Å². The molecule has 0 fully saturated rings. The zero-order valence-corrected chi connectivity index (χ0v) is 9.32. The van der Waals surface area contributed by atoms with Gasteiger partial charge in [0.05, 0.1) is 6.61 Å². The van der Waals surface area contributed by atoms with E-state index in [-0.39, 0.29) is 0 Å². The van der Waals surface area contributed by atoms with Gasteiger partial charge in [-0.1, -0.05) is 22.9 Å². The predicted molar refractivity (Wildman–Crippen MR) is 56.2 cm³/mol. The maximum Gasteiger partial charge on any atom is 0.0615 e. The molecule has 66 valence electrons. The molecule has 0 saturated heterocycles. The number of rotatable bonds is 4. The smallest absolute Gasteiger partial charge is 0.0615 e. The van der Waals surface area contributed by atoms with Gasteiger partial charge in [-0.15, -0.1) is 0 Å². The van der Waals surface area contributed by atoms with Crippen molar-refractivity contribution in [2.45, 2.75) is 18.2 Å². The summed E-state index contributed by atoms with van der Waals surface area (Å²) in [5.41, 5.74) is 0. The third-order valence-electron chi connectivity index (χ3n) is 1.26. The van der Waals surface area contributed by atoms with E-state index in [1.54, 1.807) is 0 Å². The molecule has 0 heterocycles. The lowest BCUT2D eigenvalue weighted by Crippen LogP contribution is -1.81. The molecule has 1 aromatic rings. The Morgan fingerprint density at radius 2 is 2.00 bits per heavy atom. The van der Waals surface area contributed by atoms with Crippen LogP contribution in [0, 0.1) is 0 Å². The van der Waals surface area contributed by atoms with Gasteiger partial charge >= 0.3 is 0 Å². The minimum atomic E-state index is 0.806. The Hall–Kier alpha value is 0.01000. The minimum Gasteiger partial charge on any atom is -0.310 e. The van der Waals surface area contributed by atoms with E-state index in [9.17, 15) is 0 Å². The average molecular weight is 247 g/mol. The standard InChI is InChI=1S/C9H11BrOS/c1-2-7-11-12-9-5-3-8(10)4-6-9/h3-6H,2,7H2,1H3. The van der Waals surface area contributed by atoms with Crippen LogP contribution in [0.5, 0.6) is 0 Å². The van der Waals surface area contributed by atoms with Crippen LogP contribution in [-0.2, 0) is 4.18 Å². The van der Waals surface area contributed by atoms with Gasteiger partial charge in [-0.3, -0.25) is 0 Å². The molecule has 12 heavy (non-hydrogen) atoms. The molecular weight excluding hydrogens is 236 g/mol. The summed E-state index contributed by atoms with van der Waals surface area (Å²) >= 11 is 4.81. The summed E-state index contributed by atoms with van der Waals surface area (Å²) < 4.78 is 6.41. The van der Waals surface area contributed by atoms with Gasteiger partial charge < -0.3 is 4.18 Å². The average Bonchev–Trinajstić information content (AvgIpc) is 2.09. The van der Waals surface area contributed by atoms with E-state index in [1.165, 1.54) is 12.0 Å². The van der Waals surface area contributed by atoms with Gasteiger partial charge in [-0.05, 0) is 30.7 Å². The summed E-state index contributed by atoms with van der Waals surface area (Å²) in [6.07, 6.45) is 1.06. The second kappa shape index (κ2) is 5.62. The highest BCUT2D eigenvalue weighted by Crippen LogP contribution is 2.21. The van der Waals surface area contributed by atoms with Gasteiger partial charge in [0.2, 0.25) is 0 Å². The first-order chi connectivity index (χ1) is 5.83. The Kier molecular flexibility index (Phi) is 4.73. The van der Waals surface area contributed by atoms with Gasteiger partial charge in [0.15, 0.2) is 0 Å². The first-order valence-corrected chi connectivity index (χ1v) is 5.41. The zero-order chi connectivity index (χ0) is 8.81. The molecule has 0 radical (unpaired) electrons. The lowest BCUT2D eigenvalue weighted by Gasteiger charge is -2.00. The highest BCUT2D eigenvalue weighted by atomic mass is 79.9. The van der Waals surface area contributed by atoms with Crippen LogP contribution in [0.1, 0.15) is 13.3 Å². The Morgan fingerprint density at radius 1 is 1.33 bits per heavy atom. The first kappa shape index (κ1) is 10.1. The number of benzene rings is 1. The van der Waals surface area contributed by atoms with E-state index in [0.29, 0.717) is 0 Å². The number of hydrogen-bond acceptors (Lipinski definition) is 2. The molecule has 0 amide bonds. The summed E-state index contributed by atoms with van der Waals surface area (Å²) in [6, 6.07) is 8.09. The quantitative estimate of drug-likeness (QED) is 0.589. The molecule has 0 saturated carbocycles. The highest BCUT2D eigenvalue weighted by molar-refractivity contribution is 9.10. The molecule has 0 atom stereocenters. The van der Waals surface area contributed by atoms with Crippen LogP contribution in [-0.4, -0.2) is 6.61 Å². The second-order valence-corrected chi connectivity index (χ2v) is 4.15. The second-order valence-electron chi connectivity index (χ2n) is 2.36. The van der Waals surface area contributed by atoms with E-state index in [4.69, 9.17) is 4.18 Å². The summed E-state index contributed by atoms with van der Waals surface area (Å²) in [4.78, 5) is 1.15. The Balaban J connectivity index is 2.37. The van der Waals surface area contributed by atoms with E-state index >= 15 is 0 Å². The fourth-order valence-electron chi connectivity index (χ4n) is 0.683. The highest BCUT2D eigenvalue weighted by Gasteiger charge is 1.93. The van der Waals surface area contributed by atoms with Crippen molar-refractivity contribution in [1.82, 2.24) is 0 Å². The number of halogens is 1. The molecule has 0 N–H and O–H groups in total. The van der Waals surface area contributed by atoms with Crippen molar-refractivity contribution in [1.29, 1.82) is 0 Å². The van der Waals surface area contributed by atoms with Crippen LogP contribution in [0.2, 0.25) is 0 Å². The van der Waals surface area contributed by atoms with Crippen molar-refractivity contribution in [3.8, 4) is 0 Å². The molecule has 0 bridgehead atoms. The van der Waals surface area contributed by atoms with Gasteiger partial charge in [0.25, 0.3) is 0 Å². The largest absolute Gasteiger partial charge is 0.310 e. The topological polar surface area (TPSA) is 9.23 Å². The summed E-state index contributed by atoms with van der Waals surface area (Å²) in [5, 5.41) is 0. The van der Waals surface area contributed by atoms with E-state index in [2.05, 4.69) is 22.9 Å². The molecule has 0 aliphatic heterocycles. The molecule has 0 aromatic heterocycles. The van der Waals surface area contributed by atoms with Gasteiger partial charge in [0.1, 0.15) is 0 Å². The van der Waals surface area contributed by atoms with Gasteiger partial charge in [-0.2, -0.15) is 0 Å². The van der Waals surface area contributed by atoms with Gasteiger partial charge in [-0.25, -0.2) is 0 Å².